The first-order valence-corrected chi connectivity index (χ1v) is 5.77. The molecule has 1 N–H and O–H groups in total. The van der Waals surface area contributed by atoms with Crippen LogP contribution in [0.15, 0.2) is 0 Å². The van der Waals surface area contributed by atoms with Gasteiger partial charge >= 0.3 is 0 Å². The van der Waals surface area contributed by atoms with E-state index in [1.807, 2.05) is 0 Å². The zero-order valence-corrected chi connectivity index (χ0v) is 8.50. The number of rotatable bonds is 1. The molecule has 2 unspecified atom stereocenters. The fourth-order valence-electron chi connectivity index (χ4n) is 3.48. The molecule has 1 aliphatic carbocycles. The summed E-state index contributed by atoms with van der Waals surface area (Å²) in [7, 11) is 0. The van der Waals surface area contributed by atoms with E-state index in [9.17, 15) is 0 Å². The molecule has 2 aliphatic heterocycles. The minimum absolute atomic E-state index is 0.952. The van der Waals surface area contributed by atoms with E-state index in [2.05, 4.69) is 17.1 Å². The Morgan fingerprint density at radius 3 is 2.23 bits per heavy atom. The van der Waals surface area contributed by atoms with Gasteiger partial charge in [-0.1, -0.05) is 6.92 Å². The molecule has 1 saturated carbocycles. The van der Waals surface area contributed by atoms with Gasteiger partial charge in [-0.05, 0) is 43.7 Å². The van der Waals surface area contributed by atoms with Gasteiger partial charge in [0.25, 0.3) is 0 Å². The zero-order chi connectivity index (χ0) is 8.84. The molecule has 2 saturated heterocycles. The fraction of sp³-hybridized carbons (Fsp3) is 1.00. The van der Waals surface area contributed by atoms with Crippen LogP contribution in [0.5, 0.6) is 0 Å². The summed E-state index contributed by atoms with van der Waals surface area (Å²) in [6.45, 7) is 7.71. The van der Waals surface area contributed by atoms with Gasteiger partial charge in [0.05, 0.1) is 0 Å². The summed E-state index contributed by atoms with van der Waals surface area (Å²) in [4.78, 5) is 2.71. The van der Waals surface area contributed by atoms with E-state index in [4.69, 9.17) is 0 Å². The van der Waals surface area contributed by atoms with Crippen molar-refractivity contribution in [1.29, 1.82) is 0 Å². The Labute approximate surface area is 80.7 Å². The average Bonchev–Trinajstić information content (AvgIpc) is 2.55. The van der Waals surface area contributed by atoms with Crippen molar-refractivity contribution in [3.63, 3.8) is 0 Å². The molecule has 0 spiro atoms. The van der Waals surface area contributed by atoms with Crippen molar-refractivity contribution < 1.29 is 0 Å². The Morgan fingerprint density at radius 2 is 1.69 bits per heavy atom. The highest BCUT2D eigenvalue weighted by molar-refractivity contribution is 4.96. The number of hydrogen-bond donors (Lipinski definition) is 1. The predicted octanol–water partition coefficient (Wildman–Crippen LogP) is 0.936. The van der Waals surface area contributed by atoms with Gasteiger partial charge in [0.15, 0.2) is 0 Å². The molecule has 74 valence electrons. The molecule has 13 heavy (non-hydrogen) atoms. The third kappa shape index (κ3) is 1.31. The molecule has 0 bridgehead atoms. The molecule has 0 aromatic rings. The smallest absolute Gasteiger partial charge is 0.0102 e. The Kier molecular flexibility index (Phi) is 1.88. The molecule has 3 rings (SSSR count). The molecule has 2 heteroatoms. The molecule has 0 radical (unpaired) electrons. The van der Waals surface area contributed by atoms with Gasteiger partial charge in [-0.15, -0.1) is 0 Å². The van der Waals surface area contributed by atoms with Crippen molar-refractivity contribution in [2.75, 3.05) is 26.2 Å². The number of nitrogens with zero attached hydrogens (tertiary/aromatic N) is 1. The quantitative estimate of drug-likeness (QED) is 0.646. The highest BCUT2D eigenvalue weighted by Crippen LogP contribution is 2.38. The minimum atomic E-state index is 0.952. The molecular formula is C11H20N2. The van der Waals surface area contributed by atoms with Gasteiger partial charge in [-0.3, -0.25) is 4.90 Å². The number of fused-ring (bicyclic) bond motifs is 1. The van der Waals surface area contributed by atoms with Crippen LogP contribution < -0.4 is 5.32 Å². The second-order valence-electron chi connectivity index (χ2n) is 5.36. The summed E-state index contributed by atoms with van der Waals surface area (Å²) < 4.78 is 0. The molecule has 2 heterocycles. The normalized spacial score (nSPS) is 46.4. The highest BCUT2D eigenvalue weighted by Gasteiger charge is 2.41. The SMILES string of the molecule is CC1CN(C2CC3CNCC3C2)C1. The van der Waals surface area contributed by atoms with Crippen LogP contribution in [0.3, 0.4) is 0 Å². The van der Waals surface area contributed by atoms with Crippen LogP contribution in [0.25, 0.3) is 0 Å². The lowest BCUT2D eigenvalue weighted by Crippen LogP contribution is -2.50. The molecule has 3 fully saturated rings. The maximum atomic E-state index is 3.51. The van der Waals surface area contributed by atoms with Gasteiger partial charge in [-0.2, -0.15) is 0 Å². The van der Waals surface area contributed by atoms with E-state index in [1.165, 1.54) is 39.0 Å². The fourth-order valence-corrected chi connectivity index (χ4v) is 3.48. The van der Waals surface area contributed by atoms with Gasteiger partial charge in [0, 0.05) is 19.1 Å². The van der Waals surface area contributed by atoms with Crippen molar-refractivity contribution in [1.82, 2.24) is 10.2 Å². The third-order valence-electron chi connectivity index (χ3n) is 4.24. The van der Waals surface area contributed by atoms with Gasteiger partial charge in [-0.25, -0.2) is 0 Å². The first-order valence-electron chi connectivity index (χ1n) is 5.77. The largest absolute Gasteiger partial charge is 0.316 e. The maximum absolute atomic E-state index is 3.51. The van der Waals surface area contributed by atoms with Crippen molar-refractivity contribution in [3.05, 3.63) is 0 Å². The lowest BCUT2D eigenvalue weighted by molar-refractivity contribution is 0.0615. The zero-order valence-electron chi connectivity index (χ0n) is 8.50. The van der Waals surface area contributed by atoms with Crippen LogP contribution in [-0.4, -0.2) is 37.1 Å². The lowest BCUT2D eigenvalue weighted by Gasteiger charge is -2.42. The second kappa shape index (κ2) is 2.96. The van der Waals surface area contributed by atoms with Crippen LogP contribution in [0, 0.1) is 17.8 Å². The maximum Gasteiger partial charge on any atom is 0.0102 e. The minimum Gasteiger partial charge on any atom is -0.316 e. The van der Waals surface area contributed by atoms with Gasteiger partial charge < -0.3 is 5.32 Å². The number of nitrogens with one attached hydrogen (secondary N) is 1. The van der Waals surface area contributed by atoms with E-state index in [-0.39, 0.29) is 0 Å². The van der Waals surface area contributed by atoms with E-state index in [1.54, 1.807) is 0 Å². The first-order chi connectivity index (χ1) is 6.33. The summed E-state index contributed by atoms with van der Waals surface area (Å²) >= 11 is 0. The van der Waals surface area contributed by atoms with Crippen molar-refractivity contribution in [3.8, 4) is 0 Å². The molecule has 2 nitrogen and oxygen atoms in total. The van der Waals surface area contributed by atoms with Crippen molar-refractivity contribution >= 4 is 0 Å². The van der Waals surface area contributed by atoms with Crippen LogP contribution in [0.2, 0.25) is 0 Å². The molecular weight excluding hydrogens is 160 g/mol. The molecule has 0 aromatic heterocycles. The summed E-state index contributed by atoms with van der Waals surface area (Å²) in [5.74, 6) is 3.00. The summed E-state index contributed by atoms with van der Waals surface area (Å²) in [6.07, 6.45) is 2.95. The third-order valence-corrected chi connectivity index (χ3v) is 4.24. The Balaban J connectivity index is 1.58. The van der Waals surface area contributed by atoms with E-state index >= 15 is 0 Å². The van der Waals surface area contributed by atoms with Crippen molar-refractivity contribution in [2.24, 2.45) is 17.8 Å². The van der Waals surface area contributed by atoms with Crippen LogP contribution in [0.1, 0.15) is 19.8 Å². The van der Waals surface area contributed by atoms with Gasteiger partial charge in [0.2, 0.25) is 0 Å². The first kappa shape index (κ1) is 8.25. The Hall–Kier alpha value is -0.0800. The molecule has 0 aromatic carbocycles. The number of hydrogen-bond acceptors (Lipinski definition) is 2. The Morgan fingerprint density at radius 1 is 1.08 bits per heavy atom. The summed E-state index contributed by atoms with van der Waals surface area (Å²) in [5.41, 5.74) is 0. The predicted molar refractivity (Wildman–Crippen MR) is 53.6 cm³/mol. The lowest BCUT2D eigenvalue weighted by atomic mass is 9.98. The monoisotopic (exact) mass is 180 g/mol. The summed E-state index contributed by atoms with van der Waals surface area (Å²) in [6, 6.07) is 0.952. The molecule has 0 amide bonds. The van der Waals surface area contributed by atoms with E-state index in [0.717, 1.165) is 23.8 Å². The highest BCUT2D eigenvalue weighted by atomic mass is 15.2. The average molecular weight is 180 g/mol. The molecule has 3 aliphatic rings. The van der Waals surface area contributed by atoms with Crippen LogP contribution >= 0.6 is 0 Å². The Bertz CT molecular complexity index is 186. The standard InChI is InChI=1S/C11H20N2/c1-8-6-13(7-8)11-2-9-4-12-5-10(9)3-11/h8-12H,2-7H2,1H3. The van der Waals surface area contributed by atoms with E-state index < -0.39 is 0 Å². The van der Waals surface area contributed by atoms with Crippen LogP contribution in [-0.2, 0) is 0 Å². The number of likely N-dealkylation sites (tertiary alicyclic amines) is 1. The van der Waals surface area contributed by atoms with Gasteiger partial charge in [0.1, 0.15) is 0 Å². The molecule has 2 atom stereocenters. The summed E-state index contributed by atoms with van der Waals surface area (Å²) in [5, 5.41) is 3.51. The van der Waals surface area contributed by atoms with E-state index in [0.29, 0.717) is 0 Å². The second-order valence-corrected chi connectivity index (χ2v) is 5.36. The van der Waals surface area contributed by atoms with Crippen LogP contribution in [0.4, 0.5) is 0 Å². The topological polar surface area (TPSA) is 15.3 Å². The van der Waals surface area contributed by atoms with Crippen molar-refractivity contribution in [2.45, 2.75) is 25.8 Å².